The SMILES string of the molecule is O=c1c(-c2cccnc2)ccc2n1C[C@@H]1C[C@@H]2CN(Cc2cc3ccccc3o2)C1. The van der Waals surface area contributed by atoms with Crippen LogP contribution in [0.15, 0.2) is 76.2 Å². The molecule has 2 aliphatic rings. The summed E-state index contributed by atoms with van der Waals surface area (Å²) in [5, 5.41) is 1.16. The summed E-state index contributed by atoms with van der Waals surface area (Å²) >= 11 is 0. The van der Waals surface area contributed by atoms with Crippen molar-refractivity contribution in [2.75, 3.05) is 13.1 Å². The average molecular weight is 397 g/mol. The van der Waals surface area contributed by atoms with Crippen molar-refractivity contribution >= 4 is 11.0 Å². The molecule has 6 rings (SSSR count). The highest BCUT2D eigenvalue weighted by atomic mass is 16.3. The largest absolute Gasteiger partial charge is 0.460 e. The summed E-state index contributed by atoms with van der Waals surface area (Å²) in [5.41, 5.74) is 3.86. The minimum Gasteiger partial charge on any atom is -0.460 e. The Labute approximate surface area is 174 Å². The second-order valence-corrected chi connectivity index (χ2v) is 8.57. The molecule has 5 heterocycles. The third-order valence-electron chi connectivity index (χ3n) is 6.51. The topological polar surface area (TPSA) is 51.3 Å². The van der Waals surface area contributed by atoms with E-state index in [2.05, 4.69) is 28.1 Å². The summed E-state index contributed by atoms with van der Waals surface area (Å²) in [4.78, 5) is 19.9. The lowest BCUT2D eigenvalue weighted by Gasteiger charge is -2.42. The molecule has 0 N–H and O–H groups in total. The smallest absolute Gasteiger partial charge is 0.258 e. The molecule has 0 radical (unpaired) electrons. The van der Waals surface area contributed by atoms with Gasteiger partial charge in [0.2, 0.25) is 0 Å². The molecule has 150 valence electrons. The van der Waals surface area contributed by atoms with Crippen LogP contribution >= 0.6 is 0 Å². The minimum absolute atomic E-state index is 0.112. The van der Waals surface area contributed by atoms with Crippen LogP contribution in [0.5, 0.6) is 0 Å². The van der Waals surface area contributed by atoms with Gasteiger partial charge in [0, 0.05) is 60.2 Å². The monoisotopic (exact) mass is 397 g/mol. The van der Waals surface area contributed by atoms with E-state index in [1.165, 1.54) is 0 Å². The van der Waals surface area contributed by atoms with Crippen molar-refractivity contribution in [3.8, 4) is 11.1 Å². The maximum atomic E-state index is 13.2. The fraction of sp³-hybridized carbons (Fsp3) is 0.280. The highest BCUT2D eigenvalue weighted by molar-refractivity contribution is 5.77. The molecule has 5 nitrogen and oxygen atoms in total. The number of pyridine rings is 2. The van der Waals surface area contributed by atoms with E-state index < -0.39 is 0 Å². The molecule has 3 aromatic heterocycles. The molecule has 2 aliphatic heterocycles. The Kier molecular flexibility index (Phi) is 4.09. The number of nitrogens with zero attached hydrogens (tertiary/aromatic N) is 3. The van der Waals surface area contributed by atoms with E-state index in [0.29, 0.717) is 11.8 Å². The second kappa shape index (κ2) is 6.96. The van der Waals surface area contributed by atoms with Gasteiger partial charge in [-0.1, -0.05) is 24.3 Å². The van der Waals surface area contributed by atoms with Crippen LogP contribution in [-0.4, -0.2) is 27.5 Å². The van der Waals surface area contributed by atoms with Crippen LogP contribution in [0.1, 0.15) is 23.8 Å². The molecule has 1 aromatic carbocycles. The molecular weight excluding hydrogens is 374 g/mol. The molecule has 0 spiro atoms. The molecular formula is C25H23N3O2. The number of rotatable bonds is 3. The van der Waals surface area contributed by atoms with Crippen LogP contribution in [-0.2, 0) is 13.1 Å². The van der Waals surface area contributed by atoms with Crippen molar-refractivity contribution in [1.82, 2.24) is 14.5 Å². The third kappa shape index (κ3) is 2.97. The fourth-order valence-corrected chi connectivity index (χ4v) is 5.25. The zero-order valence-corrected chi connectivity index (χ0v) is 16.7. The fourth-order valence-electron chi connectivity index (χ4n) is 5.25. The van der Waals surface area contributed by atoms with Crippen LogP contribution in [0.2, 0.25) is 0 Å². The number of para-hydroxylation sites is 1. The highest BCUT2D eigenvalue weighted by Gasteiger charge is 2.35. The summed E-state index contributed by atoms with van der Waals surface area (Å²) in [6, 6.07) is 18.3. The van der Waals surface area contributed by atoms with E-state index in [1.54, 1.807) is 12.4 Å². The third-order valence-corrected chi connectivity index (χ3v) is 6.51. The van der Waals surface area contributed by atoms with Crippen molar-refractivity contribution in [3.05, 3.63) is 88.8 Å². The van der Waals surface area contributed by atoms with Crippen molar-refractivity contribution in [2.24, 2.45) is 5.92 Å². The number of aromatic nitrogens is 2. The van der Waals surface area contributed by atoms with Crippen LogP contribution in [0.3, 0.4) is 0 Å². The Balaban J connectivity index is 1.28. The van der Waals surface area contributed by atoms with E-state index in [1.807, 2.05) is 41.0 Å². The lowest BCUT2D eigenvalue weighted by atomic mass is 9.82. The Morgan fingerprint density at radius 3 is 2.83 bits per heavy atom. The zero-order chi connectivity index (χ0) is 20.1. The molecule has 0 aliphatic carbocycles. The van der Waals surface area contributed by atoms with E-state index >= 15 is 0 Å². The van der Waals surface area contributed by atoms with Crippen molar-refractivity contribution in [3.63, 3.8) is 0 Å². The van der Waals surface area contributed by atoms with Gasteiger partial charge in [0.15, 0.2) is 0 Å². The maximum Gasteiger partial charge on any atom is 0.258 e. The molecule has 0 amide bonds. The lowest BCUT2D eigenvalue weighted by Crippen LogP contribution is -2.46. The van der Waals surface area contributed by atoms with Gasteiger partial charge in [-0.05, 0) is 42.7 Å². The minimum atomic E-state index is 0.112. The summed E-state index contributed by atoms with van der Waals surface area (Å²) in [6.45, 7) is 3.56. The van der Waals surface area contributed by atoms with Gasteiger partial charge in [0.1, 0.15) is 11.3 Å². The first-order chi connectivity index (χ1) is 14.7. The number of hydrogen-bond acceptors (Lipinski definition) is 4. The van der Waals surface area contributed by atoms with Gasteiger partial charge < -0.3 is 8.98 Å². The molecule has 2 atom stereocenters. The van der Waals surface area contributed by atoms with Gasteiger partial charge in [0.25, 0.3) is 5.56 Å². The number of likely N-dealkylation sites (tertiary alicyclic amines) is 1. The Morgan fingerprint density at radius 2 is 1.97 bits per heavy atom. The first-order valence-electron chi connectivity index (χ1n) is 10.6. The molecule has 30 heavy (non-hydrogen) atoms. The molecule has 0 saturated carbocycles. The Hall–Kier alpha value is -3.18. The molecule has 4 aromatic rings. The maximum absolute atomic E-state index is 13.2. The first kappa shape index (κ1) is 17.7. The van der Waals surface area contributed by atoms with Crippen LogP contribution in [0, 0.1) is 5.92 Å². The number of furan rings is 1. The Bertz CT molecular complexity index is 1240. The second-order valence-electron chi connectivity index (χ2n) is 8.57. The number of hydrogen-bond donors (Lipinski definition) is 0. The number of fused-ring (bicyclic) bond motifs is 5. The Morgan fingerprint density at radius 1 is 1.03 bits per heavy atom. The van der Waals surface area contributed by atoms with E-state index in [4.69, 9.17) is 4.42 Å². The summed E-state index contributed by atoms with van der Waals surface area (Å²) in [7, 11) is 0. The van der Waals surface area contributed by atoms with Crippen molar-refractivity contribution in [2.45, 2.75) is 25.4 Å². The first-order valence-corrected chi connectivity index (χ1v) is 10.6. The molecule has 1 saturated heterocycles. The van der Waals surface area contributed by atoms with Gasteiger partial charge >= 0.3 is 0 Å². The number of benzene rings is 1. The van der Waals surface area contributed by atoms with E-state index in [-0.39, 0.29) is 5.56 Å². The van der Waals surface area contributed by atoms with Crippen LogP contribution < -0.4 is 5.56 Å². The standard InChI is InChI=1S/C25H23N3O2/c29-25-22(19-5-3-9-26-12-19)7-8-23-20-10-17(14-28(23)25)13-27(15-20)16-21-11-18-4-1-2-6-24(18)30-21/h1-9,11-12,17,20H,10,13-16H2/t17-,20-/m1/s1. The van der Waals surface area contributed by atoms with Gasteiger partial charge in [-0.25, -0.2) is 0 Å². The predicted octanol–water partition coefficient (Wildman–Crippen LogP) is 4.28. The predicted molar refractivity (Wildman–Crippen MR) is 116 cm³/mol. The van der Waals surface area contributed by atoms with Crippen LogP contribution in [0.25, 0.3) is 22.1 Å². The van der Waals surface area contributed by atoms with Gasteiger partial charge in [-0.2, -0.15) is 0 Å². The van der Waals surface area contributed by atoms with E-state index in [9.17, 15) is 4.79 Å². The molecule has 5 heteroatoms. The average Bonchev–Trinajstić information content (AvgIpc) is 3.17. The number of piperidine rings is 1. The van der Waals surface area contributed by atoms with Crippen molar-refractivity contribution in [1.29, 1.82) is 0 Å². The zero-order valence-electron chi connectivity index (χ0n) is 16.7. The molecule has 2 bridgehead atoms. The normalized spacial score (nSPS) is 20.9. The summed E-state index contributed by atoms with van der Waals surface area (Å²) in [6.07, 6.45) is 4.66. The van der Waals surface area contributed by atoms with Gasteiger partial charge in [0.05, 0.1) is 6.54 Å². The highest BCUT2D eigenvalue weighted by Crippen LogP contribution is 2.36. The van der Waals surface area contributed by atoms with Gasteiger partial charge in [-0.15, -0.1) is 0 Å². The lowest BCUT2D eigenvalue weighted by molar-refractivity contribution is 0.108. The van der Waals surface area contributed by atoms with E-state index in [0.717, 1.165) is 66.2 Å². The summed E-state index contributed by atoms with van der Waals surface area (Å²) < 4.78 is 8.06. The van der Waals surface area contributed by atoms with Crippen LogP contribution in [0.4, 0.5) is 0 Å². The van der Waals surface area contributed by atoms with Crippen molar-refractivity contribution < 1.29 is 4.42 Å². The molecule has 1 fully saturated rings. The van der Waals surface area contributed by atoms with Gasteiger partial charge in [-0.3, -0.25) is 14.7 Å². The quantitative estimate of drug-likeness (QED) is 0.518. The molecule has 0 unspecified atom stereocenters. The summed E-state index contributed by atoms with van der Waals surface area (Å²) in [5.74, 6) is 1.89.